The second-order valence-corrected chi connectivity index (χ2v) is 4.88. The van der Waals surface area contributed by atoms with E-state index in [2.05, 4.69) is 20.0 Å². The molecule has 0 N–H and O–H groups in total. The summed E-state index contributed by atoms with van der Waals surface area (Å²) in [6.45, 7) is 3.75. The Bertz CT molecular complexity index is 654. The summed E-state index contributed by atoms with van der Waals surface area (Å²) in [5.74, 6) is -0.122. The van der Waals surface area contributed by atoms with Crippen molar-refractivity contribution in [3.05, 3.63) is 30.5 Å². The van der Waals surface area contributed by atoms with Gasteiger partial charge in [0.15, 0.2) is 5.65 Å². The molecular weight excluding hydrogens is 254 g/mol. The highest BCUT2D eigenvalue weighted by Gasteiger charge is 2.22. The van der Waals surface area contributed by atoms with E-state index in [-0.39, 0.29) is 5.91 Å². The van der Waals surface area contributed by atoms with Crippen molar-refractivity contribution < 1.29 is 4.79 Å². The van der Waals surface area contributed by atoms with Crippen molar-refractivity contribution in [2.75, 3.05) is 13.1 Å². The fourth-order valence-electron chi connectivity index (χ4n) is 2.61. The van der Waals surface area contributed by atoms with Crippen LogP contribution >= 0.6 is 0 Å². The van der Waals surface area contributed by atoms with E-state index in [1.807, 2.05) is 13.0 Å². The number of nitrogens with zero attached hydrogens (tertiary/aromatic N) is 5. The maximum absolute atomic E-state index is 12.7. The van der Waals surface area contributed by atoms with Crippen molar-refractivity contribution in [1.29, 1.82) is 0 Å². The maximum Gasteiger partial charge on any atom is 0.296 e. The number of hydrogen-bond acceptors (Lipinski definition) is 5. The molecule has 0 amide bonds. The predicted molar refractivity (Wildman–Crippen MR) is 75.1 cm³/mol. The number of aromatic nitrogens is 4. The Kier molecular flexibility index (Phi) is 3.45. The van der Waals surface area contributed by atoms with Gasteiger partial charge >= 0.3 is 0 Å². The minimum Gasteiger partial charge on any atom is -0.367 e. The van der Waals surface area contributed by atoms with Crippen LogP contribution in [0.3, 0.4) is 0 Å². The molecule has 3 rings (SSSR count). The number of carbonyl (C=O) groups excluding carboxylic acids is 1. The zero-order valence-corrected chi connectivity index (χ0v) is 11.5. The van der Waals surface area contributed by atoms with Crippen LogP contribution < -0.4 is 0 Å². The van der Waals surface area contributed by atoms with Crippen molar-refractivity contribution in [2.24, 2.45) is 0 Å². The first-order valence-corrected chi connectivity index (χ1v) is 6.91. The molecule has 6 nitrogen and oxygen atoms in total. The Balaban J connectivity index is 1.94. The number of carbonyl (C=O) groups is 1. The summed E-state index contributed by atoms with van der Waals surface area (Å²) in [6, 6.07) is 0. The van der Waals surface area contributed by atoms with Gasteiger partial charge in [0.25, 0.3) is 5.91 Å². The largest absolute Gasteiger partial charge is 0.367 e. The molecule has 20 heavy (non-hydrogen) atoms. The van der Waals surface area contributed by atoms with E-state index in [1.165, 1.54) is 17.4 Å². The van der Waals surface area contributed by atoms with Crippen molar-refractivity contribution in [3.8, 4) is 0 Å². The number of fused-ring (bicyclic) bond motifs is 1. The van der Waals surface area contributed by atoms with E-state index >= 15 is 0 Å². The number of piperidine rings is 1. The Hall–Kier alpha value is -2.24. The van der Waals surface area contributed by atoms with Crippen LogP contribution in [0.5, 0.6) is 0 Å². The van der Waals surface area contributed by atoms with Gasteiger partial charge in [-0.3, -0.25) is 4.79 Å². The third-order valence-electron chi connectivity index (χ3n) is 3.61. The highest BCUT2D eigenvalue weighted by molar-refractivity contribution is 5.98. The lowest BCUT2D eigenvalue weighted by Crippen LogP contribution is -2.34. The molecule has 0 radical (unpaired) electrons. The summed E-state index contributed by atoms with van der Waals surface area (Å²) in [5.41, 5.74) is 1.26. The van der Waals surface area contributed by atoms with Gasteiger partial charge < -0.3 is 4.90 Å². The third kappa shape index (κ3) is 2.17. The molecule has 0 saturated carbocycles. The Morgan fingerprint density at radius 1 is 1.25 bits per heavy atom. The Morgan fingerprint density at radius 3 is 2.80 bits per heavy atom. The van der Waals surface area contributed by atoms with Crippen LogP contribution in [-0.4, -0.2) is 43.6 Å². The van der Waals surface area contributed by atoms with E-state index in [1.54, 1.807) is 12.4 Å². The van der Waals surface area contributed by atoms with Gasteiger partial charge in [-0.05, 0) is 26.2 Å². The van der Waals surface area contributed by atoms with Gasteiger partial charge in [-0.25, -0.2) is 9.97 Å². The fraction of sp³-hybridized carbons (Fsp3) is 0.429. The molecule has 0 atom stereocenters. The molecule has 2 aromatic heterocycles. The van der Waals surface area contributed by atoms with Crippen LogP contribution in [-0.2, 0) is 0 Å². The number of likely N-dealkylation sites (tertiary alicyclic amines) is 1. The topological polar surface area (TPSA) is 63.9 Å². The number of allylic oxidation sites excluding steroid dienone is 2. The summed E-state index contributed by atoms with van der Waals surface area (Å²) in [7, 11) is 0. The van der Waals surface area contributed by atoms with E-state index in [0.717, 1.165) is 31.3 Å². The molecule has 0 bridgehead atoms. The second-order valence-electron chi connectivity index (χ2n) is 4.88. The van der Waals surface area contributed by atoms with Crippen molar-refractivity contribution >= 4 is 16.9 Å². The molecule has 1 fully saturated rings. The molecule has 0 unspecified atom stereocenters. The lowest BCUT2D eigenvalue weighted by atomic mass is 10.1. The molecule has 0 aliphatic carbocycles. The summed E-state index contributed by atoms with van der Waals surface area (Å²) < 4.78 is 1.36. The molecule has 1 aliphatic heterocycles. The molecule has 0 aromatic carbocycles. The average Bonchev–Trinajstić information content (AvgIpc) is 2.93. The highest BCUT2D eigenvalue weighted by atomic mass is 16.2. The first kappa shape index (κ1) is 12.8. The van der Waals surface area contributed by atoms with E-state index in [9.17, 15) is 4.79 Å². The molecule has 3 heterocycles. The van der Waals surface area contributed by atoms with Crippen LogP contribution in [0.1, 0.15) is 31.0 Å². The molecular formula is C14H17N5O. The van der Waals surface area contributed by atoms with Gasteiger partial charge in [-0.15, -0.1) is 0 Å². The van der Waals surface area contributed by atoms with Crippen LogP contribution in [0.2, 0.25) is 0 Å². The number of rotatable bonds is 2. The van der Waals surface area contributed by atoms with Gasteiger partial charge in [0.1, 0.15) is 12.0 Å². The highest BCUT2D eigenvalue weighted by Crippen LogP contribution is 2.18. The molecule has 1 saturated heterocycles. The van der Waals surface area contributed by atoms with E-state index < -0.39 is 0 Å². The molecule has 104 valence electrons. The summed E-state index contributed by atoms with van der Waals surface area (Å²) in [6.07, 6.45) is 10.1. The van der Waals surface area contributed by atoms with Crippen LogP contribution in [0, 0.1) is 0 Å². The first-order valence-electron chi connectivity index (χ1n) is 6.91. The van der Waals surface area contributed by atoms with Crippen molar-refractivity contribution in [3.63, 3.8) is 0 Å². The van der Waals surface area contributed by atoms with Gasteiger partial charge in [0.2, 0.25) is 0 Å². The summed E-state index contributed by atoms with van der Waals surface area (Å²) in [4.78, 5) is 22.9. The van der Waals surface area contributed by atoms with Gasteiger partial charge in [-0.2, -0.15) is 9.78 Å². The first-order chi connectivity index (χ1) is 9.81. The van der Waals surface area contributed by atoms with Gasteiger partial charge in [0, 0.05) is 19.3 Å². The lowest BCUT2D eigenvalue weighted by Gasteiger charge is -2.29. The zero-order chi connectivity index (χ0) is 13.9. The Morgan fingerprint density at radius 2 is 2.05 bits per heavy atom. The summed E-state index contributed by atoms with van der Waals surface area (Å²) >= 11 is 0. The van der Waals surface area contributed by atoms with Crippen LogP contribution in [0.25, 0.3) is 11.0 Å². The standard InChI is InChI=1S/C14H17N5O/c1-2-12(18-6-4-3-5-7-18)14(20)19-13-11(9-17-19)8-15-10-16-13/h2,8-10H,3-7H2,1H3/b12-2-. The van der Waals surface area contributed by atoms with E-state index in [4.69, 9.17) is 0 Å². The molecule has 1 aliphatic rings. The normalized spacial score (nSPS) is 16.6. The van der Waals surface area contributed by atoms with Crippen LogP contribution in [0.4, 0.5) is 0 Å². The summed E-state index contributed by atoms with van der Waals surface area (Å²) in [5, 5.41) is 4.93. The lowest BCUT2D eigenvalue weighted by molar-refractivity contribution is 0.0894. The average molecular weight is 271 g/mol. The third-order valence-corrected chi connectivity index (χ3v) is 3.61. The molecule has 6 heteroatoms. The monoisotopic (exact) mass is 271 g/mol. The van der Waals surface area contributed by atoms with E-state index in [0.29, 0.717) is 11.3 Å². The SMILES string of the molecule is C/C=C(/C(=O)n1ncc2cncnc21)N1CCCCC1. The van der Waals surface area contributed by atoms with Crippen molar-refractivity contribution in [2.45, 2.75) is 26.2 Å². The minimum atomic E-state index is -0.122. The quantitative estimate of drug-likeness (QED) is 0.780. The van der Waals surface area contributed by atoms with Crippen LogP contribution in [0.15, 0.2) is 30.5 Å². The number of hydrogen-bond donors (Lipinski definition) is 0. The maximum atomic E-state index is 12.7. The van der Waals surface area contributed by atoms with Crippen molar-refractivity contribution in [1.82, 2.24) is 24.6 Å². The Labute approximate surface area is 117 Å². The van der Waals surface area contributed by atoms with Gasteiger partial charge in [-0.1, -0.05) is 6.08 Å². The molecule has 2 aromatic rings. The van der Waals surface area contributed by atoms with Gasteiger partial charge in [0.05, 0.1) is 11.6 Å². The minimum absolute atomic E-state index is 0.122. The predicted octanol–water partition coefficient (Wildman–Crippen LogP) is 1.86. The second kappa shape index (κ2) is 5.40. The fourth-order valence-corrected chi connectivity index (χ4v) is 2.61. The molecule has 0 spiro atoms. The zero-order valence-electron chi connectivity index (χ0n) is 11.5. The smallest absolute Gasteiger partial charge is 0.296 e.